The highest BCUT2D eigenvalue weighted by Gasteiger charge is 2.19. The van der Waals surface area contributed by atoms with E-state index in [4.69, 9.17) is 15.9 Å². The molecule has 0 heterocycles. The molecule has 110 valence electrons. The molecule has 21 heavy (non-hydrogen) atoms. The van der Waals surface area contributed by atoms with Gasteiger partial charge in [-0.2, -0.15) is 0 Å². The van der Waals surface area contributed by atoms with Crippen LogP contribution in [-0.2, 0) is 9.53 Å². The van der Waals surface area contributed by atoms with Gasteiger partial charge in [0.2, 0.25) is 0 Å². The van der Waals surface area contributed by atoms with Gasteiger partial charge in [-0.3, -0.25) is 14.9 Å². The molecule has 8 nitrogen and oxygen atoms in total. The molecule has 1 aromatic carbocycles. The van der Waals surface area contributed by atoms with Crippen molar-refractivity contribution in [2.75, 3.05) is 20.3 Å². The summed E-state index contributed by atoms with van der Waals surface area (Å²) in [6, 6.07) is 3.48. The molecule has 8 heteroatoms. The summed E-state index contributed by atoms with van der Waals surface area (Å²) in [6.45, 7) is -0.539. The number of non-ortho nitro benzene ring substituents is 1. The van der Waals surface area contributed by atoms with Gasteiger partial charge in [0.1, 0.15) is 11.3 Å². The third-order valence-corrected chi connectivity index (χ3v) is 2.34. The highest BCUT2D eigenvalue weighted by molar-refractivity contribution is 5.94. The van der Waals surface area contributed by atoms with Crippen LogP contribution in [0.25, 0.3) is 0 Å². The lowest BCUT2D eigenvalue weighted by molar-refractivity contribution is -0.384. The number of hydrogen-bond donors (Lipinski definition) is 1. The molecule has 1 aromatic rings. The van der Waals surface area contributed by atoms with E-state index < -0.39 is 23.4 Å². The van der Waals surface area contributed by atoms with E-state index in [2.05, 4.69) is 11.2 Å². The summed E-state index contributed by atoms with van der Waals surface area (Å²) >= 11 is 0. The molecule has 0 atom stereocenters. The van der Waals surface area contributed by atoms with E-state index in [1.807, 2.05) is 0 Å². The molecule has 0 bridgehead atoms. The average molecular weight is 292 g/mol. The molecule has 0 saturated heterocycles. The number of ether oxygens (including phenoxy) is 2. The van der Waals surface area contributed by atoms with Gasteiger partial charge < -0.3 is 14.8 Å². The number of nitro benzene ring substituents is 1. The smallest absolute Gasteiger partial charge is 0.342 e. The van der Waals surface area contributed by atoms with Crippen molar-refractivity contribution in [3.63, 3.8) is 0 Å². The first-order valence-electron chi connectivity index (χ1n) is 5.69. The Morgan fingerprint density at radius 1 is 1.48 bits per heavy atom. The van der Waals surface area contributed by atoms with Crippen molar-refractivity contribution in [1.82, 2.24) is 5.32 Å². The van der Waals surface area contributed by atoms with Crippen LogP contribution in [0.2, 0.25) is 0 Å². The fourth-order valence-electron chi connectivity index (χ4n) is 1.38. The van der Waals surface area contributed by atoms with Crippen molar-refractivity contribution in [3.8, 4) is 18.1 Å². The molecule has 0 aliphatic rings. The number of carbonyl (C=O) groups excluding carboxylic acids is 2. The van der Waals surface area contributed by atoms with Crippen molar-refractivity contribution < 1.29 is 24.0 Å². The molecule has 0 aliphatic heterocycles. The molecule has 0 fully saturated rings. The van der Waals surface area contributed by atoms with Crippen LogP contribution in [0.3, 0.4) is 0 Å². The topological polar surface area (TPSA) is 108 Å². The van der Waals surface area contributed by atoms with Crippen LogP contribution in [-0.4, -0.2) is 37.1 Å². The Morgan fingerprint density at radius 3 is 2.76 bits per heavy atom. The van der Waals surface area contributed by atoms with Gasteiger partial charge in [-0.05, 0) is 6.07 Å². The van der Waals surface area contributed by atoms with E-state index in [-0.39, 0.29) is 23.5 Å². The second kappa shape index (κ2) is 7.49. The molecule has 1 amide bonds. The summed E-state index contributed by atoms with van der Waals surface area (Å²) in [5, 5.41) is 13.0. The van der Waals surface area contributed by atoms with Crippen LogP contribution in [0.4, 0.5) is 5.69 Å². The zero-order chi connectivity index (χ0) is 15.8. The van der Waals surface area contributed by atoms with Crippen molar-refractivity contribution in [3.05, 3.63) is 33.9 Å². The first kappa shape index (κ1) is 16.0. The Hall–Kier alpha value is -3.08. The highest BCUT2D eigenvalue weighted by atomic mass is 16.6. The monoisotopic (exact) mass is 292 g/mol. The first-order valence-corrected chi connectivity index (χ1v) is 5.69. The van der Waals surface area contributed by atoms with E-state index in [0.29, 0.717) is 0 Å². The van der Waals surface area contributed by atoms with Crippen LogP contribution in [0, 0.1) is 22.5 Å². The molecular formula is C13H12N2O6. The highest BCUT2D eigenvalue weighted by Crippen LogP contribution is 2.24. The number of carbonyl (C=O) groups is 2. The number of amides is 1. The lowest BCUT2D eigenvalue weighted by atomic mass is 10.2. The van der Waals surface area contributed by atoms with Gasteiger partial charge in [0, 0.05) is 12.1 Å². The molecular weight excluding hydrogens is 280 g/mol. The fourth-order valence-corrected chi connectivity index (χ4v) is 1.38. The molecule has 0 aliphatic carbocycles. The van der Waals surface area contributed by atoms with Crippen molar-refractivity contribution in [2.24, 2.45) is 0 Å². The Kier molecular flexibility index (Phi) is 5.70. The molecule has 0 saturated carbocycles. The van der Waals surface area contributed by atoms with Gasteiger partial charge in [-0.1, -0.05) is 5.92 Å². The standard InChI is InChI=1S/C13H12N2O6/c1-3-6-14-12(16)8-21-13(17)10-7-9(15(18)19)4-5-11(10)20-2/h1,4-5,7H,6,8H2,2H3,(H,14,16). The number of esters is 1. The van der Waals surface area contributed by atoms with Crippen molar-refractivity contribution >= 4 is 17.6 Å². The van der Waals surface area contributed by atoms with E-state index in [0.717, 1.165) is 6.07 Å². The zero-order valence-electron chi connectivity index (χ0n) is 11.1. The normalized spacial score (nSPS) is 9.33. The Morgan fingerprint density at radius 2 is 2.19 bits per heavy atom. The van der Waals surface area contributed by atoms with Gasteiger partial charge in [-0.25, -0.2) is 4.79 Å². The Balaban J connectivity index is 2.81. The Bertz CT molecular complexity index is 605. The lowest BCUT2D eigenvalue weighted by Crippen LogP contribution is -2.29. The minimum Gasteiger partial charge on any atom is -0.496 e. The summed E-state index contributed by atoms with van der Waals surface area (Å²) in [6.07, 6.45) is 4.95. The number of benzene rings is 1. The van der Waals surface area contributed by atoms with Crippen LogP contribution in [0.5, 0.6) is 5.75 Å². The Labute approximate surface area is 120 Å². The number of rotatable bonds is 6. The molecule has 1 N–H and O–H groups in total. The van der Waals surface area contributed by atoms with E-state index in [1.165, 1.54) is 19.2 Å². The third-order valence-electron chi connectivity index (χ3n) is 2.34. The number of nitrogens with one attached hydrogen (secondary N) is 1. The maximum absolute atomic E-state index is 11.8. The second-order valence-corrected chi connectivity index (χ2v) is 3.70. The molecule has 0 unspecified atom stereocenters. The summed E-state index contributed by atoms with van der Waals surface area (Å²) in [5.41, 5.74) is -0.434. The summed E-state index contributed by atoms with van der Waals surface area (Å²) in [4.78, 5) is 33.1. The predicted octanol–water partition coefficient (Wildman–Crippen LogP) is 0.510. The number of methoxy groups -OCH3 is 1. The quantitative estimate of drug-likeness (QED) is 0.354. The minimum atomic E-state index is -0.911. The lowest BCUT2D eigenvalue weighted by Gasteiger charge is -2.08. The summed E-state index contributed by atoms with van der Waals surface area (Å²) < 4.78 is 9.66. The number of nitro groups is 1. The molecule has 0 spiro atoms. The van der Waals surface area contributed by atoms with Gasteiger partial charge in [0.15, 0.2) is 6.61 Å². The van der Waals surface area contributed by atoms with Crippen LogP contribution >= 0.6 is 0 Å². The minimum absolute atomic E-state index is 0.0104. The first-order chi connectivity index (χ1) is 9.99. The number of hydrogen-bond acceptors (Lipinski definition) is 6. The van der Waals surface area contributed by atoms with Gasteiger partial charge in [0.25, 0.3) is 11.6 Å². The maximum Gasteiger partial charge on any atom is 0.342 e. The maximum atomic E-state index is 11.8. The summed E-state index contributed by atoms with van der Waals surface area (Å²) in [7, 11) is 1.30. The van der Waals surface area contributed by atoms with Gasteiger partial charge in [0.05, 0.1) is 18.6 Å². The largest absolute Gasteiger partial charge is 0.496 e. The van der Waals surface area contributed by atoms with Crippen molar-refractivity contribution in [2.45, 2.75) is 0 Å². The second-order valence-electron chi connectivity index (χ2n) is 3.70. The van der Waals surface area contributed by atoms with Crippen LogP contribution < -0.4 is 10.1 Å². The average Bonchev–Trinajstić information content (AvgIpc) is 2.49. The molecule has 0 aromatic heterocycles. The van der Waals surface area contributed by atoms with E-state index in [1.54, 1.807) is 0 Å². The molecule has 1 rings (SSSR count). The fraction of sp³-hybridized carbons (Fsp3) is 0.231. The number of nitrogens with zero attached hydrogens (tertiary/aromatic N) is 1. The van der Waals surface area contributed by atoms with Crippen molar-refractivity contribution in [1.29, 1.82) is 0 Å². The third kappa shape index (κ3) is 4.50. The summed E-state index contributed by atoms with van der Waals surface area (Å²) in [5.74, 6) is 0.806. The van der Waals surface area contributed by atoms with Crippen LogP contribution in [0.1, 0.15) is 10.4 Å². The van der Waals surface area contributed by atoms with E-state index >= 15 is 0 Å². The zero-order valence-corrected chi connectivity index (χ0v) is 11.1. The SMILES string of the molecule is C#CCNC(=O)COC(=O)c1cc([N+](=O)[O-])ccc1OC. The van der Waals surface area contributed by atoms with Gasteiger partial charge in [-0.15, -0.1) is 6.42 Å². The molecule has 0 radical (unpaired) electrons. The predicted molar refractivity (Wildman–Crippen MR) is 71.8 cm³/mol. The van der Waals surface area contributed by atoms with Crippen LogP contribution in [0.15, 0.2) is 18.2 Å². The van der Waals surface area contributed by atoms with E-state index in [9.17, 15) is 19.7 Å². The van der Waals surface area contributed by atoms with Gasteiger partial charge >= 0.3 is 5.97 Å². The number of terminal acetylenes is 1.